The van der Waals surface area contributed by atoms with Crippen LogP contribution in [0.4, 0.5) is 0 Å². The van der Waals surface area contributed by atoms with E-state index >= 15 is 0 Å². The molecule has 1 atom stereocenters. The molecule has 1 aliphatic heterocycles. The first-order valence-corrected chi connectivity index (χ1v) is 6.58. The van der Waals surface area contributed by atoms with E-state index in [2.05, 4.69) is 24.4 Å². The Bertz CT molecular complexity index is 436. The van der Waals surface area contributed by atoms with Crippen LogP contribution in [-0.2, 0) is 11.3 Å². The van der Waals surface area contributed by atoms with Gasteiger partial charge in [-0.2, -0.15) is 0 Å². The van der Waals surface area contributed by atoms with Gasteiger partial charge in [0, 0.05) is 13.6 Å². The van der Waals surface area contributed by atoms with Gasteiger partial charge >= 0.3 is 0 Å². The number of nitrogens with one attached hydrogen (secondary N) is 1. The van der Waals surface area contributed by atoms with Crippen LogP contribution in [0.1, 0.15) is 30.9 Å². The zero-order chi connectivity index (χ0) is 13.2. The van der Waals surface area contributed by atoms with Crippen molar-refractivity contribution in [1.29, 1.82) is 0 Å². The van der Waals surface area contributed by atoms with Crippen molar-refractivity contribution in [3.63, 3.8) is 0 Å². The van der Waals surface area contributed by atoms with E-state index in [-0.39, 0.29) is 11.4 Å². The van der Waals surface area contributed by atoms with Crippen LogP contribution < -0.4 is 5.32 Å². The standard InChI is InChI=1S/C15H22N2O/c1-12-7-4-5-8-13(12)11-17(3)14(18)15(2)9-6-10-16-15/h4-5,7-8,16H,6,9-11H2,1-3H3. The summed E-state index contributed by atoms with van der Waals surface area (Å²) >= 11 is 0. The van der Waals surface area contributed by atoms with Crippen LogP contribution in [0.15, 0.2) is 24.3 Å². The maximum absolute atomic E-state index is 12.4. The summed E-state index contributed by atoms with van der Waals surface area (Å²) in [5.41, 5.74) is 2.09. The third kappa shape index (κ3) is 2.56. The zero-order valence-corrected chi connectivity index (χ0v) is 11.5. The van der Waals surface area contributed by atoms with Gasteiger partial charge in [-0.1, -0.05) is 24.3 Å². The van der Waals surface area contributed by atoms with E-state index in [4.69, 9.17) is 0 Å². The third-order valence-corrected chi connectivity index (χ3v) is 3.86. The van der Waals surface area contributed by atoms with E-state index in [1.807, 2.05) is 31.0 Å². The molecule has 1 heterocycles. The molecule has 0 spiro atoms. The number of carbonyl (C=O) groups is 1. The molecule has 1 aromatic carbocycles. The number of aryl methyl sites for hydroxylation is 1. The van der Waals surface area contributed by atoms with E-state index in [1.165, 1.54) is 11.1 Å². The lowest BCUT2D eigenvalue weighted by atomic mass is 9.98. The minimum atomic E-state index is -0.364. The van der Waals surface area contributed by atoms with Gasteiger partial charge in [-0.15, -0.1) is 0 Å². The molecule has 3 nitrogen and oxygen atoms in total. The molecular weight excluding hydrogens is 224 g/mol. The SMILES string of the molecule is Cc1ccccc1CN(C)C(=O)C1(C)CCCN1. The number of hydrogen-bond donors (Lipinski definition) is 1. The number of carbonyl (C=O) groups excluding carboxylic acids is 1. The minimum Gasteiger partial charge on any atom is -0.340 e. The summed E-state index contributed by atoms with van der Waals surface area (Å²) in [4.78, 5) is 14.3. The summed E-state index contributed by atoms with van der Waals surface area (Å²) in [6.45, 7) is 5.73. The molecule has 1 unspecified atom stereocenters. The lowest BCUT2D eigenvalue weighted by molar-refractivity contribution is -0.136. The van der Waals surface area contributed by atoms with Gasteiger partial charge in [0.05, 0.1) is 5.54 Å². The zero-order valence-electron chi connectivity index (χ0n) is 11.5. The highest BCUT2D eigenvalue weighted by atomic mass is 16.2. The number of likely N-dealkylation sites (N-methyl/N-ethyl adjacent to an activating group) is 1. The van der Waals surface area contributed by atoms with Gasteiger partial charge < -0.3 is 10.2 Å². The maximum atomic E-state index is 12.4. The molecule has 18 heavy (non-hydrogen) atoms. The van der Waals surface area contributed by atoms with Crippen molar-refractivity contribution < 1.29 is 4.79 Å². The van der Waals surface area contributed by atoms with Crippen LogP contribution in [0.5, 0.6) is 0 Å². The van der Waals surface area contributed by atoms with E-state index in [0.717, 1.165) is 19.4 Å². The normalized spacial score (nSPS) is 23.1. The minimum absolute atomic E-state index is 0.197. The molecule has 0 aromatic heterocycles. The van der Waals surface area contributed by atoms with Crippen molar-refractivity contribution >= 4 is 5.91 Å². The van der Waals surface area contributed by atoms with Crippen LogP contribution in [0.2, 0.25) is 0 Å². The van der Waals surface area contributed by atoms with E-state index < -0.39 is 0 Å². The highest BCUT2D eigenvalue weighted by Crippen LogP contribution is 2.22. The molecule has 0 radical (unpaired) electrons. The topological polar surface area (TPSA) is 32.3 Å². The monoisotopic (exact) mass is 246 g/mol. The van der Waals surface area contributed by atoms with Gasteiger partial charge in [-0.25, -0.2) is 0 Å². The van der Waals surface area contributed by atoms with Crippen molar-refractivity contribution in [1.82, 2.24) is 10.2 Å². The molecule has 0 bridgehead atoms. The van der Waals surface area contributed by atoms with Gasteiger partial charge in [0.2, 0.25) is 5.91 Å². The molecule has 1 fully saturated rings. The number of amides is 1. The van der Waals surface area contributed by atoms with Gasteiger partial charge in [-0.3, -0.25) is 4.79 Å². The fraction of sp³-hybridized carbons (Fsp3) is 0.533. The van der Waals surface area contributed by atoms with E-state index in [9.17, 15) is 4.79 Å². The van der Waals surface area contributed by atoms with E-state index in [0.29, 0.717) is 6.54 Å². The third-order valence-electron chi connectivity index (χ3n) is 3.86. The lowest BCUT2D eigenvalue weighted by Crippen LogP contribution is -2.51. The number of hydrogen-bond acceptors (Lipinski definition) is 2. The van der Waals surface area contributed by atoms with Gasteiger partial charge in [0.1, 0.15) is 0 Å². The predicted molar refractivity (Wildman–Crippen MR) is 73.3 cm³/mol. The summed E-state index contributed by atoms with van der Waals surface area (Å²) < 4.78 is 0. The summed E-state index contributed by atoms with van der Waals surface area (Å²) in [6, 6.07) is 8.23. The first kappa shape index (κ1) is 13.1. The molecule has 1 saturated heterocycles. The first-order valence-electron chi connectivity index (χ1n) is 6.58. The average Bonchev–Trinajstić information content (AvgIpc) is 2.79. The van der Waals surface area contributed by atoms with Crippen molar-refractivity contribution in [3.8, 4) is 0 Å². The molecule has 3 heteroatoms. The molecule has 1 amide bonds. The van der Waals surface area contributed by atoms with Gasteiger partial charge in [0.25, 0.3) is 0 Å². The molecule has 1 N–H and O–H groups in total. The highest BCUT2D eigenvalue weighted by Gasteiger charge is 2.37. The number of nitrogens with zero attached hydrogens (tertiary/aromatic N) is 1. The van der Waals surface area contributed by atoms with E-state index in [1.54, 1.807) is 0 Å². The van der Waals surface area contributed by atoms with Crippen molar-refractivity contribution in [2.75, 3.05) is 13.6 Å². The van der Waals surface area contributed by atoms with Crippen LogP contribution in [-0.4, -0.2) is 29.9 Å². The Morgan fingerprint density at radius 3 is 2.78 bits per heavy atom. The molecule has 1 aliphatic rings. The second-order valence-corrected chi connectivity index (χ2v) is 5.45. The molecular formula is C15H22N2O. The van der Waals surface area contributed by atoms with Crippen LogP contribution in [0, 0.1) is 6.92 Å². The Hall–Kier alpha value is -1.35. The first-order chi connectivity index (χ1) is 8.53. The summed E-state index contributed by atoms with van der Waals surface area (Å²) in [7, 11) is 1.89. The smallest absolute Gasteiger partial charge is 0.242 e. The fourth-order valence-corrected chi connectivity index (χ4v) is 2.61. The fourth-order valence-electron chi connectivity index (χ4n) is 2.61. The van der Waals surface area contributed by atoms with Crippen LogP contribution >= 0.6 is 0 Å². The summed E-state index contributed by atoms with van der Waals surface area (Å²) in [5.74, 6) is 0.197. The van der Waals surface area contributed by atoms with Gasteiger partial charge in [0.15, 0.2) is 0 Å². The number of benzene rings is 1. The summed E-state index contributed by atoms with van der Waals surface area (Å²) in [5, 5.41) is 3.32. The number of rotatable bonds is 3. The predicted octanol–water partition coefficient (Wildman–Crippen LogP) is 2.10. The maximum Gasteiger partial charge on any atom is 0.242 e. The Morgan fingerprint density at radius 2 is 2.17 bits per heavy atom. The Labute approximate surface area is 109 Å². The molecule has 2 rings (SSSR count). The Balaban J connectivity index is 2.06. The summed E-state index contributed by atoms with van der Waals surface area (Å²) in [6.07, 6.45) is 2.02. The lowest BCUT2D eigenvalue weighted by Gasteiger charge is -2.29. The second-order valence-electron chi connectivity index (χ2n) is 5.45. The largest absolute Gasteiger partial charge is 0.340 e. The molecule has 1 aromatic rings. The van der Waals surface area contributed by atoms with Crippen molar-refractivity contribution in [2.24, 2.45) is 0 Å². The Morgan fingerprint density at radius 1 is 1.44 bits per heavy atom. The quantitative estimate of drug-likeness (QED) is 0.885. The van der Waals surface area contributed by atoms with Crippen LogP contribution in [0.25, 0.3) is 0 Å². The molecule has 0 aliphatic carbocycles. The van der Waals surface area contributed by atoms with Crippen LogP contribution in [0.3, 0.4) is 0 Å². The highest BCUT2D eigenvalue weighted by molar-refractivity contribution is 5.86. The second kappa shape index (κ2) is 5.11. The van der Waals surface area contributed by atoms with Crippen molar-refractivity contribution in [2.45, 2.75) is 38.8 Å². The average molecular weight is 246 g/mol. The van der Waals surface area contributed by atoms with Gasteiger partial charge in [-0.05, 0) is 44.4 Å². The van der Waals surface area contributed by atoms with Crippen molar-refractivity contribution in [3.05, 3.63) is 35.4 Å². The molecule has 0 saturated carbocycles. The molecule has 98 valence electrons. The Kier molecular flexibility index (Phi) is 3.71.